The number of hydrogen-bond donors (Lipinski definition) is 1. The normalized spacial score (nSPS) is 12.4. The number of halogens is 1. The lowest BCUT2D eigenvalue weighted by Gasteiger charge is -2.14. The van der Waals surface area contributed by atoms with Gasteiger partial charge in [0.1, 0.15) is 5.75 Å². The second kappa shape index (κ2) is 5.42. The molecule has 1 aromatic carbocycles. The Balaban J connectivity index is 2.20. The first-order valence-electron chi connectivity index (χ1n) is 5.60. The van der Waals surface area contributed by atoms with Gasteiger partial charge in [-0.25, -0.2) is 0 Å². The van der Waals surface area contributed by atoms with Crippen molar-refractivity contribution in [2.24, 2.45) is 7.05 Å². The number of methoxy groups -OCH3 is 1. The van der Waals surface area contributed by atoms with Crippen LogP contribution in [0.3, 0.4) is 0 Å². The third-order valence-electron chi connectivity index (χ3n) is 2.73. The smallest absolute Gasteiger partial charge is 0.126 e. The van der Waals surface area contributed by atoms with Gasteiger partial charge in [0.2, 0.25) is 0 Å². The third kappa shape index (κ3) is 2.83. The van der Waals surface area contributed by atoms with Gasteiger partial charge in [0.25, 0.3) is 0 Å². The number of hydrogen-bond acceptors (Lipinski definition) is 3. The minimum atomic E-state index is -0.660. The zero-order chi connectivity index (χ0) is 13.1. The number of aliphatic hydroxyl groups excluding tert-OH is 1. The van der Waals surface area contributed by atoms with Crippen LogP contribution in [0.1, 0.15) is 17.4 Å². The van der Waals surface area contributed by atoms with Crippen molar-refractivity contribution in [1.29, 1.82) is 0 Å². The van der Waals surface area contributed by atoms with Crippen LogP contribution in [0, 0.1) is 0 Å². The van der Waals surface area contributed by atoms with E-state index in [9.17, 15) is 5.11 Å². The summed E-state index contributed by atoms with van der Waals surface area (Å²) in [4.78, 5) is 0. The van der Waals surface area contributed by atoms with Crippen molar-refractivity contribution < 1.29 is 9.84 Å². The molecule has 1 heterocycles. The fourth-order valence-corrected chi connectivity index (χ4v) is 2.00. The molecule has 96 valence electrons. The van der Waals surface area contributed by atoms with Crippen LogP contribution >= 0.6 is 11.6 Å². The van der Waals surface area contributed by atoms with Gasteiger partial charge in [-0.2, -0.15) is 5.10 Å². The molecule has 0 aliphatic rings. The monoisotopic (exact) mass is 266 g/mol. The average Bonchev–Trinajstić information content (AvgIpc) is 2.74. The van der Waals surface area contributed by atoms with Crippen molar-refractivity contribution in [2.75, 3.05) is 7.11 Å². The van der Waals surface area contributed by atoms with Crippen molar-refractivity contribution >= 4 is 11.6 Å². The summed E-state index contributed by atoms with van der Waals surface area (Å²) in [6.45, 7) is 0. The van der Waals surface area contributed by atoms with Crippen LogP contribution in [0.15, 0.2) is 30.5 Å². The Kier molecular flexibility index (Phi) is 3.89. The van der Waals surface area contributed by atoms with Gasteiger partial charge in [-0.3, -0.25) is 4.68 Å². The van der Waals surface area contributed by atoms with Crippen LogP contribution in [0.2, 0.25) is 5.02 Å². The first-order valence-corrected chi connectivity index (χ1v) is 5.98. The van der Waals surface area contributed by atoms with E-state index in [1.165, 1.54) is 0 Å². The maximum atomic E-state index is 10.2. The molecule has 1 atom stereocenters. The van der Waals surface area contributed by atoms with Gasteiger partial charge in [-0.05, 0) is 18.2 Å². The van der Waals surface area contributed by atoms with E-state index in [1.807, 2.05) is 19.3 Å². The second-order valence-electron chi connectivity index (χ2n) is 4.09. The van der Waals surface area contributed by atoms with E-state index in [0.717, 1.165) is 5.69 Å². The molecule has 0 bridgehead atoms. The molecule has 0 saturated carbocycles. The van der Waals surface area contributed by atoms with Crippen molar-refractivity contribution in [1.82, 2.24) is 9.78 Å². The summed E-state index contributed by atoms with van der Waals surface area (Å²) in [5, 5.41) is 15.0. The zero-order valence-electron chi connectivity index (χ0n) is 10.3. The number of aromatic nitrogens is 2. The zero-order valence-corrected chi connectivity index (χ0v) is 11.1. The van der Waals surface area contributed by atoms with Gasteiger partial charge in [-0.15, -0.1) is 0 Å². The predicted octanol–water partition coefficient (Wildman–Crippen LogP) is 2.36. The highest BCUT2D eigenvalue weighted by atomic mass is 35.5. The van der Waals surface area contributed by atoms with Gasteiger partial charge >= 0.3 is 0 Å². The fraction of sp³-hybridized carbons (Fsp3) is 0.308. The number of aryl methyl sites for hydroxylation is 1. The molecule has 0 amide bonds. The summed E-state index contributed by atoms with van der Waals surface area (Å²) >= 11 is 5.89. The molecule has 1 unspecified atom stereocenters. The minimum absolute atomic E-state index is 0.443. The van der Waals surface area contributed by atoms with Crippen molar-refractivity contribution in [3.63, 3.8) is 0 Å². The van der Waals surface area contributed by atoms with E-state index < -0.39 is 6.10 Å². The van der Waals surface area contributed by atoms with Crippen LogP contribution < -0.4 is 4.74 Å². The van der Waals surface area contributed by atoms with Gasteiger partial charge in [-0.1, -0.05) is 17.7 Å². The van der Waals surface area contributed by atoms with Gasteiger partial charge in [0, 0.05) is 30.3 Å². The Morgan fingerprint density at radius 1 is 1.44 bits per heavy atom. The van der Waals surface area contributed by atoms with E-state index in [-0.39, 0.29) is 0 Å². The number of aliphatic hydroxyl groups is 1. The largest absolute Gasteiger partial charge is 0.496 e. The highest BCUT2D eigenvalue weighted by Gasteiger charge is 2.15. The highest BCUT2D eigenvalue weighted by molar-refractivity contribution is 6.30. The number of rotatable bonds is 4. The van der Waals surface area contributed by atoms with Crippen LogP contribution in [-0.2, 0) is 13.5 Å². The molecule has 0 spiro atoms. The molecule has 2 rings (SSSR count). The maximum Gasteiger partial charge on any atom is 0.126 e. The van der Waals surface area contributed by atoms with E-state index in [0.29, 0.717) is 22.8 Å². The van der Waals surface area contributed by atoms with E-state index in [4.69, 9.17) is 16.3 Å². The summed E-state index contributed by atoms with van der Waals surface area (Å²) < 4.78 is 6.93. The molecule has 1 N–H and O–H groups in total. The number of benzene rings is 1. The van der Waals surface area contributed by atoms with Crippen molar-refractivity contribution in [2.45, 2.75) is 12.5 Å². The SMILES string of the molecule is COc1cc(Cl)ccc1C(O)Cc1ccn(C)n1. The minimum Gasteiger partial charge on any atom is -0.496 e. The molecular formula is C13H15ClN2O2. The molecule has 0 radical (unpaired) electrons. The molecule has 0 fully saturated rings. The third-order valence-corrected chi connectivity index (χ3v) is 2.96. The molecule has 0 aliphatic heterocycles. The summed E-state index contributed by atoms with van der Waals surface area (Å²) in [6, 6.07) is 7.08. The lowest BCUT2D eigenvalue weighted by molar-refractivity contribution is 0.172. The first-order chi connectivity index (χ1) is 8.60. The summed E-state index contributed by atoms with van der Waals surface area (Å²) in [7, 11) is 3.40. The second-order valence-corrected chi connectivity index (χ2v) is 4.52. The Bertz CT molecular complexity index is 540. The lowest BCUT2D eigenvalue weighted by Crippen LogP contribution is -2.05. The van der Waals surface area contributed by atoms with Crippen LogP contribution in [0.25, 0.3) is 0 Å². The molecule has 0 aliphatic carbocycles. The predicted molar refractivity (Wildman–Crippen MR) is 69.9 cm³/mol. The van der Waals surface area contributed by atoms with Crippen molar-refractivity contribution in [3.05, 3.63) is 46.7 Å². The molecule has 4 nitrogen and oxygen atoms in total. The molecule has 2 aromatic rings. The maximum absolute atomic E-state index is 10.2. The molecule has 1 aromatic heterocycles. The number of ether oxygens (including phenoxy) is 1. The standard InChI is InChI=1S/C13H15ClN2O2/c1-16-6-5-10(15-16)8-12(17)11-4-3-9(14)7-13(11)18-2/h3-7,12,17H,8H2,1-2H3. The Morgan fingerprint density at radius 3 is 2.83 bits per heavy atom. The fourth-order valence-electron chi connectivity index (χ4n) is 1.84. The summed E-state index contributed by atoms with van der Waals surface area (Å²) in [6.07, 6.45) is 1.63. The average molecular weight is 267 g/mol. The van der Waals surface area contributed by atoms with E-state index >= 15 is 0 Å². The van der Waals surface area contributed by atoms with Gasteiger partial charge in [0.15, 0.2) is 0 Å². The highest BCUT2D eigenvalue weighted by Crippen LogP contribution is 2.29. The van der Waals surface area contributed by atoms with Gasteiger partial charge < -0.3 is 9.84 Å². The summed E-state index contributed by atoms with van der Waals surface area (Å²) in [5.74, 6) is 0.589. The van der Waals surface area contributed by atoms with Crippen LogP contribution in [-0.4, -0.2) is 22.0 Å². The van der Waals surface area contributed by atoms with Crippen LogP contribution in [0.5, 0.6) is 5.75 Å². The number of nitrogens with zero attached hydrogens (tertiary/aromatic N) is 2. The molecule has 18 heavy (non-hydrogen) atoms. The first kappa shape index (κ1) is 12.9. The quantitative estimate of drug-likeness (QED) is 0.924. The molecule has 5 heteroatoms. The Hall–Kier alpha value is -1.52. The molecular weight excluding hydrogens is 252 g/mol. The lowest BCUT2D eigenvalue weighted by atomic mass is 10.0. The van der Waals surface area contributed by atoms with E-state index in [1.54, 1.807) is 30.0 Å². The van der Waals surface area contributed by atoms with Gasteiger partial charge in [0.05, 0.1) is 18.9 Å². The molecule has 0 saturated heterocycles. The van der Waals surface area contributed by atoms with Crippen molar-refractivity contribution in [3.8, 4) is 5.75 Å². The van der Waals surface area contributed by atoms with E-state index in [2.05, 4.69) is 5.10 Å². The van der Waals surface area contributed by atoms with Crippen LogP contribution in [0.4, 0.5) is 0 Å². The Labute approximate surface area is 111 Å². The summed E-state index contributed by atoms with van der Waals surface area (Å²) in [5.41, 5.74) is 1.55. The Morgan fingerprint density at radius 2 is 2.22 bits per heavy atom. The topological polar surface area (TPSA) is 47.3 Å².